The molecule has 2 heterocycles. The highest BCUT2D eigenvalue weighted by molar-refractivity contribution is 8.46. The molecule has 0 aromatic heterocycles. The number of aliphatic carboxylic acids is 1. The van der Waals surface area contributed by atoms with Crippen LogP contribution in [0.15, 0.2) is 30.3 Å². The molecular weight excluding hydrogens is 356 g/mol. The van der Waals surface area contributed by atoms with Crippen molar-refractivity contribution in [1.29, 1.82) is 0 Å². The van der Waals surface area contributed by atoms with E-state index in [1.807, 2.05) is 37.3 Å². The summed E-state index contributed by atoms with van der Waals surface area (Å²) in [6.45, 7) is 5.63. The predicted octanol–water partition coefficient (Wildman–Crippen LogP) is 2.19. The summed E-state index contributed by atoms with van der Waals surface area (Å²) in [6.07, 6.45) is 0.112. The van der Waals surface area contributed by atoms with Crippen LogP contribution < -0.4 is 4.90 Å². The second-order valence-corrected chi connectivity index (χ2v) is 10.9. The summed E-state index contributed by atoms with van der Waals surface area (Å²) in [5, 5.41) is 19.3. The van der Waals surface area contributed by atoms with Crippen molar-refractivity contribution >= 4 is 32.8 Å². The Labute approximate surface area is 153 Å². The Balaban J connectivity index is 2.11. The van der Waals surface area contributed by atoms with E-state index in [0.717, 1.165) is 0 Å². The summed E-state index contributed by atoms with van der Waals surface area (Å²) in [5.74, 6) is -1.83. The molecule has 3 atom stereocenters. The molecular formula is C18H24N2O5S. The highest BCUT2D eigenvalue weighted by Gasteiger charge is 2.72. The van der Waals surface area contributed by atoms with Gasteiger partial charge in [0.1, 0.15) is 6.04 Å². The van der Waals surface area contributed by atoms with E-state index in [9.17, 15) is 24.6 Å². The molecule has 0 saturated carbocycles. The van der Waals surface area contributed by atoms with Crippen LogP contribution in [-0.4, -0.2) is 60.9 Å². The van der Waals surface area contributed by atoms with Gasteiger partial charge in [-0.1, -0.05) is 18.2 Å². The summed E-state index contributed by atoms with van der Waals surface area (Å²) < 4.78 is -1.04. The number of hydrogen-bond acceptors (Lipinski definition) is 4. The van der Waals surface area contributed by atoms with Gasteiger partial charge >= 0.3 is 5.97 Å². The van der Waals surface area contributed by atoms with Crippen LogP contribution in [0, 0.1) is 0 Å². The van der Waals surface area contributed by atoms with Gasteiger partial charge in [-0.05, 0) is 32.9 Å². The number of nitrogens with zero attached hydrogens (tertiary/aromatic N) is 2. The third-order valence-corrected chi connectivity index (χ3v) is 10.3. The first-order valence-electron chi connectivity index (χ1n) is 8.55. The van der Waals surface area contributed by atoms with E-state index in [1.165, 1.54) is 4.90 Å². The third-order valence-electron chi connectivity index (χ3n) is 5.64. The zero-order valence-electron chi connectivity index (χ0n) is 15.1. The number of carboxylic acids is 1. The molecule has 1 aromatic carbocycles. The molecule has 2 amide bonds. The molecule has 2 aliphatic heterocycles. The van der Waals surface area contributed by atoms with E-state index in [-0.39, 0.29) is 17.6 Å². The molecule has 1 unspecified atom stereocenters. The second kappa shape index (κ2) is 6.28. The van der Waals surface area contributed by atoms with Crippen molar-refractivity contribution in [3.8, 4) is 0 Å². The number of rotatable bonds is 4. The minimum Gasteiger partial charge on any atom is -0.480 e. The van der Waals surface area contributed by atoms with E-state index in [0.29, 0.717) is 12.2 Å². The summed E-state index contributed by atoms with van der Waals surface area (Å²) >= 11 is 0. The first-order valence-corrected chi connectivity index (χ1v) is 10.4. The van der Waals surface area contributed by atoms with Gasteiger partial charge in [0.05, 0.1) is 17.7 Å². The van der Waals surface area contributed by atoms with E-state index < -0.39 is 38.1 Å². The van der Waals surface area contributed by atoms with Crippen LogP contribution in [-0.2, 0) is 9.59 Å². The number of β-lactam (4-membered cyclic amide) rings is 1. The van der Waals surface area contributed by atoms with E-state index in [2.05, 4.69) is 0 Å². The lowest BCUT2D eigenvalue weighted by molar-refractivity contribution is -0.157. The van der Waals surface area contributed by atoms with E-state index in [1.54, 1.807) is 18.7 Å². The summed E-state index contributed by atoms with van der Waals surface area (Å²) in [4.78, 5) is 40.6. The maximum atomic E-state index is 13.7. The monoisotopic (exact) mass is 380 g/mol. The van der Waals surface area contributed by atoms with Crippen LogP contribution in [0.3, 0.4) is 0 Å². The SMILES string of the molecule is CCN(C(=O)S1(CO)[C@@H]2CC(=O)N2[C@@H](C(=O)O)C1(C)C)c1ccccc1. The maximum absolute atomic E-state index is 13.7. The number of benzene rings is 1. The lowest BCUT2D eigenvalue weighted by Gasteiger charge is -2.50. The minimum atomic E-state index is -2.52. The van der Waals surface area contributed by atoms with Gasteiger partial charge in [0.25, 0.3) is 5.24 Å². The normalized spacial score (nSPS) is 31.5. The molecule has 1 aromatic rings. The fourth-order valence-corrected chi connectivity index (χ4v) is 8.51. The van der Waals surface area contributed by atoms with Gasteiger partial charge in [0.2, 0.25) is 5.91 Å². The van der Waals surface area contributed by atoms with Crippen molar-refractivity contribution in [2.24, 2.45) is 0 Å². The molecule has 2 saturated heterocycles. The zero-order chi connectivity index (χ0) is 19.3. The molecule has 26 heavy (non-hydrogen) atoms. The number of anilines is 1. The number of aliphatic hydroxyl groups excluding tert-OH is 1. The van der Waals surface area contributed by atoms with Gasteiger partial charge in [-0.15, -0.1) is 10.0 Å². The maximum Gasteiger partial charge on any atom is 0.327 e. The van der Waals surface area contributed by atoms with Crippen molar-refractivity contribution in [3.05, 3.63) is 30.3 Å². The van der Waals surface area contributed by atoms with Gasteiger partial charge in [-0.3, -0.25) is 9.59 Å². The van der Waals surface area contributed by atoms with E-state index in [4.69, 9.17) is 0 Å². The van der Waals surface area contributed by atoms with Crippen molar-refractivity contribution in [1.82, 2.24) is 4.90 Å². The Morgan fingerprint density at radius 2 is 1.92 bits per heavy atom. The van der Waals surface area contributed by atoms with Crippen molar-refractivity contribution in [2.75, 3.05) is 17.4 Å². The van der Waals surface area contributed by atoms with Gasteiger partial charge in [0.15, 0.2) is 0 Å². The number of para-hydroxylation sites is 1. The smallest absolute Gasteiger partial charge is 0.327 e. The standard InChI is InChI=1S/C18H24N2O5S/c1-4-19(12-8-6-5-7-9-12)17(25)26(11-21)14-10-13(22)20(14)15(16(23)24)18(26,2)3/h5-9,14-15,21H,4,10-11H2,1-3H3,(H,23,24)/t14-,15+/m1/s1. The van der Waals surface area contributed by atoms with Crippen LogP contribution in [0.2, 0.25) is 0 Å². The van der Waals surface area contributed by atoms with Crippen molar-refractivity contribution in [3.63, 3.8) is 0 Å². The number of fused-ring (bicyclic) bond motifs is 1. The molecule has 8 heteroatoms. The molecule has 142 valence electrons. The topological polar surface area (TPSA) is 98.2 Å². The highest BCUT2D eigenvalue weighted by atomic mass is 32.3. The number of amides is 2. The largest absolute Gasteiger partial charge is 0.480 e. The average molecular weight is 380 g/mol. The van der Waals surface area contributed by atoms with Gasteiger partial charge in [-0.2, -0.15) is 0 Å². The van der Waals surface area contributed by atoms with E-state index >= 15 is 0 Å². The minimum absolute atomic E-state index is 0.112. The lowest BCUT2D eigenvalue weighted by Crippen LogP contribution is -2.57. The van der Waals surface area contributed by atoms with Gasteiger partial charge in [-0.25, -0.2) is 4.79 Å². The fourth-order valence-electron chi connectivity index (χ4n) is 4.22. The van der Waals surface area contributed by atoms with Crippen molar-refractivity contribution < 1.29 is 24.6 Å². The summed E-state index contributed by atoms with van der Waals surface area (Å²) in [6, 6.07) is 8.02. The molecule has 0 aliphatic carbocycles. The Kier molecular flexibility index (Phi) is 4.52. The number of carbonyl (C=O) groups excluding carboxylic acids is 2. The molecule has 2 aliphatic rings. The molecule has 7 nitrogen and oxygen atoms in total. The van der Waals surface area contributed by atoms with Crippen LogP contribution >= 0.6 is 10.0 Å². The number of carboxylic acid groups (broad SMARTS) is 1. The predicted molar refractivity (Wildman–Crippen MR) is 100 cm³/mol. The van der Waals surface area contributed by atoms with Gasteiger partial charge < -0.3 is 20.0 Å². The van der Waals surface area contributed by atoms with Crippen molar-refractivity contribution in [2.45, 2.75) is 43.4 Å². The lowest BCUT2D eigenvalue weighted by atomic mass is 9.98. The van der Waals surface area contributed by atoms with Crippen LogP contribution in [0.25, 0.3) is 0 Å². The Morgan fingerprint density at radius 3 is 2.35 bits per heavy atom. The van der Waals surface area contributed by atoms with Crippen LogP contribution in [0.4, 0.5) is 10.5 Å². The first-order chi connectivity index (χ1) is 12.2. The Hall–Kier alpha value is -2.06. The molecule has 3 rings (SSSR count). The number of aliphatic hydroxyl groups is 1. The molecule has 0 radical (unpaired) electrons. The molecule has 2 fully saturated rings. The zero-order valence-corrected chi connectivity index (χ0v) is 15.9. The first kappa shape index (κ1) is 18.7. The summed E-state index contributed by atoms with van der Waals surface area (Å²) in [7, 11) is -2.52. The molecule has 0 spiro atoms. The molecule has 0 bridgehead atoms. The summed E-state index contributed by atoms with van der Waals surface area (Å²) in [5.41, 5.74) is 0.701. The van der Waals surface area contributed by atoms with Crippen LogP contribution in [0.1, 0.15) is 27.2 Å². The Bertz CT molecular complexity index is 753. The molecule has 2 N–H and O–H groups in total. The van der Waals surface area contributed by atoms with Crippen LogP contribution in [0.5, 0.6) is 0 Å². The van der Waals surface area contributed by atoms with Gasteiger partial charge in [0, 0.05) is 17.0 Å². The number of hydrogen-bond donors (Lipinski definition) is 2. The third kappa shape index (κ3) is 2.21. The number of carbonyl (C=O) groups is 3. The average Bonchev–Trinajstić information content (AvgIpc) is 2.77. The quantitative estimate of drug-likeness (QED) is 0.780. The Morgan fingerprint density at radius 1 is 1.31 bits per heavy atom. The highest BCUT2D eigenvalue weighted by Crippen LogP contribution is 2.74. The second-order valence-electron chi connectivity index (χ2n) is 7.07. The fraction of sp³-hybridized carbons (Fsp3) is 0.500.